The maximum Gasteiger partial charge on any atom is 0.257 e. The SMILES string of the molecule is CS(=O)(=O)c1cc(C(=O)NC(=N)N)ccc1Cc1ccccc1.Cl. The molecule has 8 heteroatoms. The van der Waals surface area contributed by atoms with Crippen molar-refractivity contribution in [3.05, 3.63) is 65.2 Å². The third-order valence-corrected chi connectivity index (χ3v) is 4.39. The Labute approximate surface area is 146 Å². The van der Waals surface area contributed by atoms with E-state index in [0.29, 0.717) is 12.0 Å². The lowest BCUT2D eigenvalue weighted by Crippen LogP contribution is -2.35. The molecule has 2 aromatic rings. The molecule has 2 rings (SSSR count). The van der Waals surface area contributed by atoms with Crippen LogP contribution in [-0.4, -0.2) is 26.5 Å². The largest absolute Gasteiger partial charge is 0.370 e. The zero-order valence-electron chi connectivity index (χ0n) is 12.9. The van der Waals surface area contributed by atoms with Crippen LogP contribution in [0.3, 0.4) is 0 Å². The lowest BCUT2D eigenvalue weighted by Gasteiger charge is -2.11. The number of nitrogens with one attached hydrogen (secondary N) is 2. The summed E-state index contributed by atoms with van der Waals surface area (Å²) in [5, 5.41) is 9.20. The van der Waals surface area contributed by atoms with Crippen LogP contribution < -0.4 is 11.1 Å². The fourth-order valence-electron chi connectivity index (χ4n) is 2.20. The fraction of sp³-hybridized carbons (Fsp3) is 0.125. The van der Waals surface area contributed by atoms with Gasteiger partial charge in [0.05, 0.1) is 4.90 Å². The van der Waals surface area contributed by atoms with Gasteiger partial charge in [0.2, 0.25) is 0 Å². The highest BCUT2D eigenvalue weighted by atomic mass is 35.5. The molecule has 0 aromatic heterocycles. The summed E-state index contributed by atoms with van der Waals surface area (Å²) in [6.07, 6.45) is 1.54. The van der Waals surface area contributed by atoms with E-state index >= 15 is 0 Å². The first-order valence-electron chi connectivity index (χ1n) is 6.79. The van der Waals surface area contributed by atoms with E-state index in [9.17, 15) is 13.2 Å². The van der Waals surface area contributed by atoms with Crippen LogP contribution in [0.2, 0.25) is 0 Å². The van der Waals surface area contributed by atoms with Gasteiger partial charge >= 0.3 is 0 Å². The molecule has 2 aromatic carbocycles. The van der Waals surface area contributed by atoms with Gasteiger partial charge in [0.25, 0.3) is 5.91 Å². The van der Waals surface area contributed by atoms with Crippen molar-refractivity contribution in [2.24, 2.45) is 5.73 Å². The number of hydrogen-bond acceptors (Lipinski definition) is 4. The molecule has 0 radical (unpaired) electrons. The van der Waals surface area contributed by atoms with Gasteiger partial charge in [-0.05, 0) is 29.7 Å². The minimum absolute atomic E-state index is 0. The number of rotatable bonds is 4. The Kier molecular flexibility index (Phi) is 6.51. The summed E-state index contributed by atoms with van der Waals surface area (Å²) in [5.41, 5.74) is 6.84. The first-order chi connectivity index (χ1) is 10.8. The van der Waals surface area contributed by atoms with E-state index in [0.717, 1.165) is 11.8 Å². The Morgan fingerprint density at radius 1 is 1.17 bits per heavy atom. The quantitative estimate of drug-likeness (QED) is 0.564. The van der Waals surface area contributed by atoms with Crippen molar-refractivity contribution in [2.45, 2.75) is 11.3 Å². The first kappa shape index (κ1) is 19.7. The predicted molar refractivity (Wildman–Crippen MR) is 95.4 cm³/mol. The maximum atomic E-state index is 12.0. The molecule has 4 N–H and O–H groups in total. The molecule has 0 aliphatic rings. The van der Waals surface area contributed by atoms with E-state index in [1.807, 2.05) is 30.3 Å². The number of carbonyl (C=O) groups excluding carboxylic acids is 1. The van der Waals surface area contributed by atoms with Gasteiger partial charge in [-0.15, -0.1) is 12.4 Å². The van der Waals surface area contributed by atoms with Gasteiger partial charge in [0, 0.05) is 11.8 Å². The Balaban J connectivity index is 0.00000288. The lowest BCUT2D eigenvalue weighted by molar-refractivity contribution is 0.0976. The minimum atomic E-state index is -3.50. The number of carbonyl (C=O) groups is 1. The first-order valence-corrected chi connectivity index (χ1v) is 8.69. The molecule has 0 aliphatic heterocycles. The van der Waals surface area contributed by atoms with E-state index in [4.69, 9.17) is 11.1 Å². The fourth-order valence-corrected chi connectivity index (χ4v) is 3.15. The molecule has 0 saturated carbocycles. The van der Waals surface area contributed by atoms with E-state index < -0.39 is 21.7 Å². The van der Waals surface area contributed by atoms with Crippen molar-refractivity contribution in [2.75, 3.05) is 6.26 Å². The summed E-state index contributed by atoms with van der Waals surface area (Å²) in [6, 6.07) is 13.9. The van der Waals surface area contributed by atoms with Crippen LogP contribution in [0.25, 0.3) is 0 Å². The molecular weight excluding hydrogens is 350 g/mol. The van der Waals surface area contributed by atoms with Gasteiger partial charge in [-0.25, -0.2) is 8.42 Å². The zero-order valence-corrected chi connectivity index (χ0v) is 14.6. The Morgan fingerprint density at radius 2 is 1.79 bits per heavy atom. The van der Waals surface area contributed by atoms with Gasteiger partial charge in [-0.3, -0.25) is 15.5 Å². The molecule has 0 aliphatic carbocycles. The van der Waals surface area contributed by atoms with E-state index in [1.165, 1.54) is 12.1 Å². The van der Waals surface area contributed by atoms with E-state index in [2.05, 4.69) is 5.32 Å². The number of benzene rings is 2. The van der Waals surface area contributed by atoms with Crippen LogP contribution in [0, 0.1) is 5.41 Å². The molecule has 0 fully saturated rings. The summed E-state index contributed by atoms with van der Waals surface area (Å²) in [6.45, 7) is 0. The molecular formula is C16H18ClN3O3S. The monoisotopic (exact) mass is 367 g/mol. The second-order valence-corrected chi connectivity index (χ2v) is 7.11. The van der Waals surface area contributed by atoms with Gasteiger partial charge in [-0.2, -0.15) is 0 Å². The molecule has 24 heavy (non-hydrogen) atoms. The summed E-state index contributed by atoms with van der Waals surface area (Å²) in [7, 11) is -3.50. The number of halogens is 1. The van der Waals surface area contributed by atoms with Crippen LogP contribution in [0.1, 0.15) is 21.5 Å². The molecule has 0 unspecified atom stereocenters. The minimum Gasteiger partial charge on any atom is -0.370 e. The van der Waals surface area contributed by atoms with Crippen molar-refractivity contribution in [3.63, 3.8) is 0 Å². The van der Waals surface area contributed by atoms with Crippen LogP contribution in [0.4, 0.5) is 0 Å². The number of nitrogens with two attached hydrogens (primary N) is 1. The Hall–Kier alpha value is -2.38. The average molecular weight is 368 g/mol. The number of sulfone groups is 1. The predicted octanol–water partition coefficient (Wildman–Crippen LogP) is 1.73. The summed E-state index contributed by atoms with van der Waals surface area (Å²) in [5.74, 6) is -1.11. The second kappa shape index (κ2) is 7.94. The number of amides is 1. The second-order valence-electron chi connectivity index (χ2n) is 5.12. The van der Waals surface area contributed by atoms with Gasteiger partial charge in [-0.1, -0.05) is 36.4 Å². The van der Waals surface area contributed by atoms with E-state index in [-0.39, 0.29) is 22.9 Å². The van der Waals surface area contributed by atoms with Gasteiger partial charge < -0.3 is 5.73 Å². The number of guanidine groups is 1. The molecule has 0 atom stereocenters. The third-order valence-electron chi connectivity index (χ3n) is 3.21. The van der Waals surface area contributed by atoms with Crippen LogP contribution in [0.5, 0.6) is 0 Å². The van der Waals surface area contributed by atoms with Crippen LogP contribution in [0.15, 0.2) is 53.4 Å². The molecule has 1 amide bonds. The van der Waals surface area contributed by atoms with Gasteiger partial charge in [0.15, 0.2) is 15.8 Å². The van der Waals surface area contributed by atoms with Gasteiger partial charge in [0.1, 0.15) is 0 Å². The molecule has 0 saturated heterocycles. The summed E-state index contributed by atoms with van der Waals surface area (Å²) < 4.78 is 24.1. The summed E-state index contributed by atoms with van der Waals surface area (Å²) in [4.78, 5) is 12.0. The average Bonchev–Trinajstić information content (AvgIpc) is 2.46. The Morgan fingerprint density at radius 3 is 2.33 bits per heavy atom. The molecule has 0 spiro atoms. The maximum absolute atomic E-state index is 12.0. The topological polar surface area (TPSA) is 113 Å². The third kappa shape index (κ3) is 5.07. The standard InChI is InChI=1S/C16H17N3O3S.ClH/c1-23(21,22)14-10-13(15(20)19-16(17)18)8-7-12(14)9-11-5-3-2-4-6-11;/h2-8,10H,9H2,1H3,(H4,17,18,19,20);1H. The van der Waals surface area contributed by atoms with Crippen molar-refractivity contribution in [3.8, 4) is 0 Å². The lowest BCUT2D eigenvalue weighted by atomic mass is 10.0. The molecule has 0 heterocycles. The highest BCUT2D eigenvalue weighted by Gasteiger charge is 2.17. The van der Waals surface area contributed by atoms with E-state index in [1.54, 1.807) is 6.07 Å². The molecule has 128 valence electrons. The summed E-state index contributed by atoms with van der Waals surface area (Å²) >= 11 is 0. The van der Waals surface area contributed by atoms with Crippen LogP contribution in [-0.2, 0) is 16.3 Å². The van der Waals surface area contributed by atoms with Crippen molar-refractivity contribution in [1.29, 1.82) is 5.41 Å². The highest BCUT2D eigenvalue weighted by Crippen LogP contribution is 2.21. The molecule has 6 nitrogen and oxygen atoms in total. The normalized spacial score (nSPS) is 10.5. The van der Waals surface area contributed by atoms with Crippen molar-refractivity contribution < 1.29 is 13.2 Å². The van der Waals surface area contributed by atoms with Crippen molar-refractivity contribution in [1.82, 2.24) is 5.32 Å². The van der Waals surface area contributed by atoms with Crippen molar-refractivity contribution >= 4 is 34.1 Å². The smallest absolute Gasteiger partial charge is 0.257 e. The number of hydrogen-bond donors (Lipinski definition) is 3. The molecule has 0 bridgehead atoms. The Bertz CT molecular complexity index is 852. The van der Waals surface area contributed by atoms with Crippen LogP contribution >= 0.6 is 12.4 Å². The zero-order chi connectivity index (χ0) is 17.0. The highest BCUT2D eigenvalue weighted by molar-refractivity contribution is 7.90.